The average molecular weight is 405 g/mol. The largest absolute Gasteiger partial charge is 0.351 e. The third kappa shape index (κ3) is 4.44. The molecule has 2 aliphatic heterocycles. The van der Waals surface area contributed by atoms with Crippen LogP contribution in [0.1, 0.15) is 35.1 Å². The molecule has 0 bridgehead atoms. The average Bonchev–Trinajstić information content (AvgIpc) is 3.07. The lowest BCUT2D eigenvalue weighted by atomic mass is 9.98. The van der Waals surface area contributed by atoms with E-state index in [2.05, 4.69) is 22.5 Å². The van der Waals surface area contributed by atoms with E-state index in [9.17, 15) is 9.59 Å². The van der Waals surface area contributed by atoms with E-state index in [1.807, 2.05) is 55.5 Å². The van der Waals surface area contributed by atoms with Gasteiger partial charge in [0.05, 0.1) is 6.54 Å². The van der Waals surface area contributed by atoms with E-state index >= 15 is 0 Å². The number of nitrogens with one attached hydrogen (secondary N) is 2. The van der Waals surface area contributed by atoms with Crippen LogP contribution in [-0.4, -0.2) is 47.7 Å². The molecule has 156 valence electrons. The van der Waals surface area contributed by atoms with Crippen LogP contribution in [0.4, 0.5) is 0 Å². The molecule has 2 heterocycles. The molecule has 30 heavy (non-hydrogen) atoms. The predicted molar refractivity (Wildman–Crippen MR) is 117 cm³/mol. The van der Waals surface area contributed by atoms with E-state index in [0.29, 0.717) is 31.6 Å². The van der Waals surface area contributed by atoms with Crippen LogP contribution >= 0.6 is 0 Å². The van der Waals surface area contributed by atoms with E-state index in [1.54, 1.807) is 0 Å². The van der Waals surface area contributed by atoms with Gasteiger partial charge in [0.25, 0.3) is 5.91 Å². The third-order valence-corrected chi connectivity index (χ3v) is 6.05. The van der Waals surface area contributed by atoms with E-state index in [4.69, 9.17) is 4.99 Å². The molecule has 0 atom stereocenters. The number of carbonyl (C=O) groups is 2. The van der Waals surface area contributed by atoms with Crippen molar-refractivity contribution in [2.75, 3.05) is 19.6 Å². The van der Waals surface area contributed by atoms with Crippen LogP contribution < -0.4 is 10.6 Å². The fourth-order valence-electron chi connectivity index (χ4n) is 4.02. The molecule has 4 rings (SSSR count). The second-order valence-electron chi connectivity index (χ2n) is 8.28. The van der Waals surface area contributed by atoms with E-state index in [-0.39, 0.29) is 11.8 Å². The first-order valence-corrected chi connectivity index (χ1v) is 10.5. The van der Waals surface area contributed by atoms with Gasteiger partial charge >= 0.3 is 0 Å². The van der Waals surface area contributed by atoms with Crippen molar-refractivity contribution in [3.63, 3.8) is 0 Å². The lowest BCUT2D eigenvalue weighted by molar-refractivity contribution is -0.123. The Bertz CT molecular complexity index is 976. The summed E-state index contributed by atoms with van der Waals surface area (Å²) in [5.41, 5.74) is 4.29. The molecule has 1 spiro atoms. The Morgan fingerprint density at radius 3 is 2.53 bits per heavy atom. The van der Waals surface area contributed by atoms with Gasteiger partial charge in [-0.05, 0) is 36.6 Å². The van der Waals surface area contributed by atoms with E-state index < -0.39 is 5.66 Å². The van der Waals surface area contributed by atoms with Crippen molar-refractivity contribution in [1.82, 2.24) is 15.5 Å². The van der Waals surface area contributed by atoms with Crippen LogP contribution in [0.15, 0.2) is 53.5 Å². The maximum atomic E-state index is 12.6. The summed E-state index contributed by atoms with van der Waals surface area (Å²) in [6.45, 7) is 6.46. The highest BCUT2D eigenvalue weighted by molar-refractivity contribution is 6.46. The lowest BCUT2D eigenvalue weighted by Crippen LogP contribution is -2.52. The maximum absolute atomic E-state index is 12.6. The molecule has 0 radical (unpaired) electrons. The number of benzene rings is 2. The molecule has 2 N–H and O–H groups in total. The Morgan fingerprint density at radius 1 is 1.10 bits per heavy atom. The maximum Gasteiger partial charge on any atom is 0.272 e. The summed E-state index contributed by atoms with van der Waals surface area (Å²) in [4.78, 5) is 31.8. The Balaban J connectivity index is 1.33. The second kappa shape index (κ2) is 8.40. The Morgan fingerprint density at radius 2 is 1.83 bits per heavy atom. The lowest BCUT2D eigenvalue weighted by Gasteiger charge is -2.36. The predicted octanol–water partition coefficient (Wildman–Crippen LogP) is 2.33. The summed E-state index contributed by atoms with van der Waals surface area (Å²) in [6.07, 6.45) is 1.41. The van der Waals surface area contributed by atoms with Crippen LogP contribution in [0.5, 0.6) is 0 Å². The summed E-state index contributed by atoms with van der Waals surface area (Å²) < 4.78 is 0. The number of aryl methyl sites for hydroxylation is 2. The number of nitrogens with zero attached hydrogens (tertiary/aromatic N) is 2. The van der Waals surface area contributed by atoms with Crippen molar-refractivity contribution < 1.29 is 9.59 Å². The molecular formula is C24H28N4O2. The molecule has 0 unspecified atom stereocenters. The number of piperidine rings is 1. The van der Waals surface area contributed by atoms with Crippen molar-refractivity contribution in [3.05, 3.63) is 70.8 Å². The minimum Gasteiger partial charge on any atom is -0.351 e. The summed E-state index contributed by atoms with van der Waals surface area (Å²) in [7, 11) is 0. The minimum atomic E-state index is -0.539. The summed E-state index contributed by atoms with van der Waals surface area (Å²) >= 11 is 0. The Hall–Kier alpha value is -2.99. The molecule has 6 nitrogen and oxygen atoms in total. The topological polar surface area (TPSA) is 73.8 Å². The van der Waals surface area contributed by atoms with E-state index in [1.165, 1.54) is 5.56 Å². The summed E-state index contributed by atoms with van der Waals surface area (Å²) in [5, 5.41) is 6.08. The standard InChI is InChI=1S/C24H28N4O2/c1-17-8-9-20(14-18(17)2)22-23(30)27-24(26-22)10-12-28(13-11-24)16-21(29)25-15-19-6-4-3-5-7-19/h3-9,14H,10-13,15-16H2,1-2H3,(H,25,29)(H,27,30). The van der Waals surface area contributed by atoms with Crippen LogP contribution in [0, 0.1) is 13.8 Å². The van der Waals surface area contributed by atoms with Crippen molar-refractivity contribution in [2.24, 2.45) is 4.99 Å². The van der Waals surface area contributed by atoms with Gasteiger partial charge in [0.15, 0.2) is 0 Å². The molecule has 2 amide bonds. The molecule has 6 heteroatoms. The number of rotatable bonds is 5. The first kappa shape index (κ1) is 20.3. The van der Waals surface area contributed by atoms with Gasteiger partial charge in [-0.1, -0.05) is 42.5 Å². The van der Waals surface area contributed by atoms with Gasteiger partial charge in [-0.15, -0.1) is 0 Å². The fraction of sp³-hybridized carbons (Fsp3) is 0.375. The molecule has 0 saturated carbocycles. The van der Waals surface area contributed by atoms with Gasteiger partial charge in [-0.2, -0.15) is 0 Å². The van der Waals surface area contributed by atoms with Gasteiger partial charge < -0.3 is 10.6 Å². The summed E-state index contributed by atoms with van der Waals surface area (Å²) in [6, 6.07) is 15.9. The van der Waals surface area contributed by atoms with Gasteiger partial charge in [0.2, 0.25) is 5.91 Å². The molecule has 1 fully saturated rings. The molecule has 0 aliphatic carbocycles. The Labute approximate surface area is 177 Å². The molecule has 2 aromatic rings. The van der Waals surface area contributed by atoms with Crippen LogP contribution in [0.3, 0.4) is 0 Å². The molecule has 1 saturated heterocycles. The first-order chi connectivity index (χ1) is 14.4. The van der Waals surface area contributed by atoms with Crippen molar-refractivity contribution in [2.45, 2.75) is 38.9 Å². The highest BCUT2D eigenvalue weighted by atomic mass is 16.2. The monoisotopic (exact) mass is 404 g/mol. The highest BCUT2D eigenvalue weighted by Crippen LogP contribution is 2.29. The van der Waals surface area contributed by atoms with Gasteiger partial charge in [0, 0.05) is 38.0 Å². The van der Waals surface area contributed by atoms with Crippen LogP contribution in [0.2, 0.25) is 0 Å². The van der Waals surface area contributed by atoms with Crippen molar-refractivity contribution in [1.29, 1.82) is 0 Å². The number of likely N-dealkylation sites (tertiary alicyclic amines) is 1. The first-order valence-electron chi connectivity index (χ1n) is 10.5. The normalized spacial score (nSPS) is 18.2. The van der Waals surface area contributed by atoms with Crippen LogP contribution in [0.25, 0.3) is 0 Å². The third-order valence-electron chi connectivity index (χ3n) is 6.05. The van der Waals surface area contributed by atoms with Crippen molar-refractivity contribution in [3.8, 4) is 0 Å². The molecular weight excluding hydrogens is 376 g/mol. The number of hydrogen-bond acceptors (Lipinski definition) is 4. The number of carbonyl (C=O) groups excluding carboxylic acids is 2. The second-order valence-corrected chi connectivity index (χ2v) is 8.28. The number of aliphatic imine (C=N–C) groups is 1. The zero-order valence-electron chi connectivity index (χ0n) is 17.6. The quantitative estimate of drug-likeness (QED) is 0.803. The number of amides is 2. The zero-order chi connectivity index (χ0) is 21.1. The molecule has 2 aliphatic rings. The van der Waals surface area contributed by atoms with Gasteiger partial charge in [0.1, 0.15) is 11.4 Å². The highest BCUT2D eigenvalue weighted by Gasteiger charge is 2.42. The SMILES string of the molecule is Cc1ccc(C2=NC3(CCN(CC(=O)NCc4ccccc4)CC3)NC2=O)cc1C. The smallest absolute Gasteiger partial charge is 0.272 e. The molecule has 2 aromatic carbocycles. The summed E-state index contributed by atoms with van der Waals surface area (Å²) in [5.74, 6) is -0.0862. The minimum absolute atomic E-state index is 0.0181. The van der Waals surface area contributed by atoms with E-state index in [0.717, 1.165) is 29.8 Å². The van der Waals surface area contributed by atoms with Gasteiger partial charge in [-0.3, -0.25) is 19.5 Å². The Kier molecular flexibility index (Phi) is 5.68. The molecule has 0 aromatic heterocycles. The number of hydrogen-bond donors (Lipinski definition) is 2. The van der Waals surface area contributed by atoms with Crippen molar-refractivity contribution >= 4 is 17.5 Å². The zero-order valence-corrected chi connectivity index (χ0v) is 17.6. The van der Waals surface area contributed by atoms with Crippen LogP contribution in [-0.2, 0) is 16.1 Å². The van der Waals surface area contributed by atoms with Gasteiger partial charge in [-0.25, -0.2) is 0 Å². The fourth-order valence-corrected chi connectivity index (χ4v) is 4.02.